The van der Waals surface area contributed by atoms with Crippen molar-refractivity contribution in [3.63, 3.8) is 0 Å². The molecule has 0 radical (unpaired) electrons. The lowest BCUT2D eigenvalue weighted by atomic mass is 10.1. The van der Waals surface area contributed by atoms with Crippen LogP contribution < -0.4 is 0 Å². The van der Waals surface area contributed by atoms with Crippen molar-refractivity contribution in [2.24, 2.45) is 5.92 Å². The van der Waals surface area contributed by atoms with Crippen LogP contribution in [0.3, 0.4) is 0 Å². The molecule has 5 nitrogen and oxygen atoms in total. The van der Waals surface area contributed by atoms with E-state index in [-0.39, 0.29) is 24.2 Å². The van der Waals surface area contributed by atoms with Crippen LogP contribution in [0.1, 0.15) is 30.3 Å². The molecule has 7 heteroatoms. The minimum Gasteiger partial charge on any atom is -0.481 e. The van der Waals surface area contributed by atoms with Crippen molar-refractivity contribution in [1.29, 1.82) is 0 Å². The summed E-state index contributed by atoms with van der Waals surface area (Å²) < 4.78 is 0. The van der Waals surface area contributed by atoms with Gasteiger partial charge in [0.2, 0.25) is 0 Å². The van der Waals surface area contributed by atoms with E-state index in [1.54, 1.807) is 30.0 Å². The number of hydrogen-bond donors (Lipinski definition) is 2. The number of amides is 1. The molecule has 1 aromatic heterocycles. The average Bonchev–Trinajstić information content (AvgIpc) is 3.29. The number of nitrogens with one attached hydrogen (secondary N) is 1. The van der Waals surface area contributed by atoms with Gasteiger partial charge in [0.25, 0.3) is 5.91 Å². The summed E-state index contributed by atoms with van der Waals surface area (Å²) in [4.78, 5) is 28.6. The molecular weight excluding hydrogens is 339 g/mol. The van der Waals surface area contributed by atoms with Crippen LogP contribution in [0.5, 0.6) is 0 Å². The second kappa shape index (κ2) is 6.06. The molecule has 122 valence electrons. The van der Waals surface area contributed by atoms with Gasteiger partial charge in [-0.2, -0.15) is 0 Å². The molecule has 1 aliphatic carbocycles. The van der Waals surface area contributed by atoms with Crippen LogP contribution in [0.4, 0.5) is 0 Å². The number of hydrogen-bond acceptors (Lipinski definition) is 2. The number of H-pyrrole nitrogens is 1. The summed E-state index contributed by atoms with van der Waals surface area (Å²) in [6.07, 6.45) is 1.78. The van der Waals surface area contributed by atoms with E-state index in [0.717, 1.165) is 18.4 Å². The van der Waals surface area contributed by atoms with Crippen molar-refractivity contribution in [2.45, 2.75) is 25.8 Å². The fraction of sp³-hybridized carbons (Fsp3) is 0.375. The van der Waals surface area contributed by atoms with Crippen molar-refractivity contribution in [3.8, 4) is 0 Å². The van der Waals surface area contributed by atoms with Crippen molar-refractivity contribution in [3.05, 3.63) is 33.9 Å². The third-order valence-corrected chi connectivity index (χ3v) is 4.68. The number of carboxylic acids is 1. The number of carbonyl (C=O) groups excluding carboxylic acids is 1. The molecule has 1 amide bonds. The standard InChI is InChI=1S/C16H16Cl2N2O3/c1-8(16(22)23)7-20(10-3-4-10)15(21)14-13(18)11-6-9(17)2-5-12(11)19-14/h2,5-6,8,10,19H,3-4,7H2,1H3,(H,22,23). The molecule has 0 bridgehead atoms. The number of carbonyl (C=O) groups is 2. The monoisotopic (exact) mass is 354 g/mol. The van der Waals surface area contributed by atoms with Crippen LogP contribution >= 0.6 is 23.2 Å². The summed E-state index contributed by atoms with van der Waals surface area (Å²) >= 11 is 12.3. The van der Waals surface area contributed by atoms with Gasteiger partial charge >= 0.3 is 5.97 Å². The Bertz CT molecular complexity index is 783. The SMILES string of the molecule is CC(CN(C(=O)c1[nH]c2ccc(Cl)cc2c1Cl)C1CC1)C(=O)O. The summed E-state index contributed by atoms with van der Waals surface area (Å²) in [5.41, 5.74) is 1.01. The van der Waals surface area contributed by atoms with E-state index < -0.39 is 11.9 Å². The van der Waals surface area contributed by atoms with Gasteiger partial charge in [0.15, 0.2) is 0 Å². The smallest absolute Gasteiger partial charge is 0.308 e. The lowest BCUT2D eigenvalue weighted by Gasteiger charge is -2.24. The van der Waals surface area contributed by atoms with Crippen LogP contribution in [-0.2, 0) is 4.79 Å². The molecule has 1 heterocycles. The molecule has 1 fully saturated rings. The Hall–Kier alpha value is -1.72. The minimum atomic E-state index is -0.919. The number of aliphatic carboxylic acids is 1. The number of aromatic nitrogens is 1. The maximum Gasteiger partial charge on any atom is 0.308 e. The summed E-state index contributed by atoms with van der Waals surface area (Å²) in [7, 11) is 0. The third kappa shape index (κ3) is 3.16. The van der Waals surface area contributed by atoms with Crippen LogP contribution in [0.15, 0.2) is 18.2 Å². The summed E-state index contributed by atoms with van der Waals surface area (Å²) in [5.74, 6) is -1.81. The number of halogens is 2. The van der Waals surface area contributed by atoms with Crippen molar-refractivity contribution < 1.29 is 14.7 Å². The normalized spacial score (nSPS) is 15.6. The molecule has 2 N–H and O–H groups in total. The van der Waals surface area contributed by atoms with Gasteiger partial charge in [-0.05, 0) is 31.0 Å². The zero-order valence-electron chi connectivity index (χ0n) is 12.5. The Kier molecular flexibility index (Phi) is 4.25. The van der Waals surface area contributed by atoms with E-state index in [1.165, 1.54) is 0 Å². The minimum absolute atomic E-state index is 0.0929. The van der Waals surface area contributed by atoms with Crippen molar-refractivity contribution in [1.82, 2.24) is 9.88 Å². The highest BCUT2D eigenvalue weighted by Crippen LogP contribution is 2.34. The highest BCUT2D eigenvalue weighted by atomic mass is 35.5. The Morgan fingerprint density at radius 1 is 1.39 bits per heavy atom. The highest BCUT2D eigenvalue weighted by molar-refractivity contribution is 6.39. The number of fused-ring (bicyclic) bond motifs is 1. The second-order valence-electron chi connectivity index (χ2n) is 5.93. The van der Waals surface area contributed by atoms with Gasteiger partial charge in [-0.15, -0.1) is 0 Å². The summed E-state index contributed by atoms with van der Waals surface area (Å²) in [6, 6.07) is 5.28. The maximum absolute atomic E-state index is 12.8. The number of rotatable bonds is 5. The predicted molar refractivity (Wildman–Crippen MR) is 89.2 cm³/mol. The van der Waals surface area contributed by atoms with Crippen LogP contribution in [0.2, 0.25) is 10.0 Å². The van der Waals surface area contributed by atoms with Gasteiger partial charge in [0.1, 0.15) is 5.69 Å². The molecule has 3 rings (SSSR count). The quantitative estimate of drug-likeness (QED) is 0.857. The molecule has 1 aromatic carbocycles. The third-order valence-electron chi connectivity index (χ3n) is 4.05. The molecule has 1 aliphatic rings. The van der Waals surface area contributed by atoms with Gasteiger partial charge in [0, 0.05) is 28.5 Å². The van der Waals surface area contributed by atoms with E-state index in [2.05, 4.69) is 4.98 Å². The maximum atomic E-state index is 12.8. The Labute approximate surface area is 143 Å². The lowest BCUT2D eigenvalue weighted by molar-refractivity contribution is -0.141. The molecule has 1 saturated carbocycles. The largest absolute Gasteiger partial charge is 0.481 e. The Morgan fingerprint density at radius 2 is 2.09 bits per heavy atom. The second-order valence-corrected chi connectivity index (χ2v) is 6.75. The first kappa shape index (κ1) is 16.1. The van der Waals surface area contributed by atoms with Gasteiger partial charge < -0.3 is 15.0 Å². The topological polar surface area (TPSA) is 73.4 Å². The predicted octanol–water partition coefficient (Wildman–Crippen LogP) is 3.80. The molecule has 0 aliphatic heterocycles. The lowest BCUT2D eigenvalue weighted by Crippen LogP contribution is -2.38. The van der Waals surface area contributed by atoms with Crippen molar-refractivity contribution >= 4 is 46.0 Å². The van der Waals surface area contributed by atoms with Crippen molar-refractivity contribution in [2.75, 3.05) is 6.54 Å². The first-order valence-electron chi connectivity index (χ1n) is 7.39. The number of aromatic amines is 1. The molecular formula is C16H16Cl2N2O3. The van der Waals surface area contributed by atoms with Gasteiger partial charge in [-0.1, -0.05) is 30.1 Å². The Morgan fingerprint density at radius 3 is 2.70 bits per heavy atom. The molecule has 0 saturated heterocycles. The van der Waals surface area contributed by atoms with E-state index in [4.69, 9.17) is 28.3 Å². The van der Waals surface area contributed by atoms with Gasteiger partial charge in [0.05, 0.1) is 10.9 Å². The zero-order valence-corrected chi connectivity index (χ0v) is 14.0. The first-order chi connectivity index (χ1) is 10.9. The summed E-state index contributed by atoms with van der Waals surface area (Å²) in [5, 5.41) is 10.6. The first-order valence-corrected chi connectivity index (χ1v) is 8.14. The van der Waals surface area contributed by atoms with E-state index >= 15 is 0 Å². The highest BCUT2D eigenvalue weighted by Gasteiger charge is 2.36. The molecule has 23 heavy (non-hydrogen) atoms. The summed E-state index contributed by atoms with van der Waals surface area (Å²) in [6.45, 7) is 1.77. The fourth-order valence-electron chi connectivity index (χ4n) is 2.58. The van der Waals surface area contributed by atoms with E-state index in [9.17, 15) is 9.59 Å². The number of benzene rings is 1. The van der Waals surface area contributed by atoms with Gasteiger partial charge in [-0.3, -0.25) is 9.59 Å². The Balaban J connectivity index is 1.94. The molecule has 2 aromatic rings. The number of nitrogens with zero attached hydrogens (tertiary/aromatic N) is 1. The van der Waals surface area contributed by atoms with Crippen LogP contribution in [0, 0.1) is 5.92 Å². The molecule has 1 unspecified atom stereocenters. The van der Waals surface area contributed by atoms with E-state index in [1.807, 2.05) is 0 Å². The van der Waals surface area contributed by atoms with E-state index in [0.29, 0.717) is 15.4 Å². The van der Waals surface area contributed by atoms with Gasteiger partial charge in [-0.25, -0.2) is 0 Å². The molecule has 0 spiro atoms. The average molecular weight is 355 g/mol. The zero-order chi connectivity index (χ0) is 16.7. The number of carboxylic acid groups (broad SMARTS) is 1. The fourth-order valence-corrected chi connectivity index (χ4v) is 3.04. The molecule has 1 atom stereocenters. The van der Waals surface area contributed by atoms with Crippen LogP contribution in [-0.4, -0.2) is 39.5 Å². The van der Waals surface area contributed by atoms with Crippen LogP contribution in [0.25, 0.3) is 10.9 Å².